The molecule has 0 spiro atoms. The van der Waals surface area contributed by atoms with Gasteiger partial charge in [0.15, 0.2) is 5.78 Å². The Morgan fingerprint density at radius 3 is 2.13 bits per heavy atom. The zero-order valence-corrected chi connectivity index (χ0v) is 19.2. The highest BCUT2D eigenvalue weighted by molar-refractivity contribution is 7.92. The quantitative estimate of drug-likeness (QED) is 0.347. The molecule has 0 atom stereocenters. The molecule has 6 heteroatoms. The van der Waals surface area contributed by atoms with Gasteiger partial charge in [-0.3, -0.25) is 14.4 Å². The van der Waals surface area contributed by atoms with Gasteiger partial charge in [-0.2, -0.15) is 0 Å². The van der Waals surface area contributed by atoms with Crippen molar-refractivity contribution >= 4 is 21.5 Å². The van der Waals surface area contributed by atoms with Crippen LogP contribution in [0.15, 0.2) is 53.4 Å². The monoisotopic (exact) mass is 430 g/mol. The molecule has 30 heavy (non-hydrogen) atoms. The molecule has 0 radical (unpaired) electrons. The second-order valence-electron chi connectivity index (χ2n) is 7.70. The van der Waals surface area contributed by atoms with Crippen LogP contribution in [0.25, 0.3) is 0 Å². The van der Waals surface area contributed by atoms with E-state index in [1.54, 1.807) is 48.5 Å². The molecule has 0 aliphatic rings. The summed E-state index contributed by atoms with van der Waals surface area (Å²) in [5, 5.41) is 0. The molecule has 0 bridgehead atoms. The van der Waals surface area contributed by atoms with Crippen LogP contribution in [0.2, 0.25) is 0 Å². The second-order valence-corrected chi connectivity index (χ2v) is 9.38. The number of unbranched alkanes of at least 4 members (excludes halogenated alkanes) is 4. The van der Waals surface area contributed by atoms with Crippen molar-refractivity contribution in [3.63, 3.8) is 0 Å². The molecule has 164 valence electrons. The van der Waals surface area contributed by atoms with Crippen LogP contribution in [0, 0.1) is 6.92 Å². The van der Waals surface area contributed by atoms with E-state index in [2.05, 4.69) is 23.5 Å². The highest BCUT2D eigenvalue weighted by Crippen LogP contribution is 2.17. The van der Waals surface area contributed by atoms with Crippen molar-refractivity contribution in [1.29, 1.82) is 0 Å². The summed E-state index contributed by atoms with van der Waals surface area (Å²) in [7, 11) is -3.65. The number of aryl methyl sites for hydroxylation is 1. The first kappa shape index (κ1) is 24.1. The molecule has 5 nitrogen and oxygen atoms in total. The van der Waals surface area contributed by atoms with Crippen LogP contribution in [0.1, 0.15) is 61.9 Å². The van der Waals surface area contributed by atoms with Gasteiger partial charge in [-0.25, -0.2) is 8.42 Å². The molecule has 0 aliphatic carbocycles. The van der Waals surface area contributed by atoms with Crippen LogP contribution < -0.4 is 4.72 Å². The van der Waals surface area contributed by atoms with Crippen molar-refractivity contribution in [3.05, 3.63) is 59.7 Å². The number of nitrogens with one attached hydrogen (secondary N) is 1. The SMILES string of the molecule is CCCCCCCN(CC)CC(=O)c1ccc(NS(=O)(=O)c2ccc(C)cc2)cc1. The number of carbonyl (C=O) groups excluding carboxylic acids is 1. The van der Waals surface area contributed by atoms with E-state index < -0.39 is 10.0 Å². The van der Waals surface area contributed by atoms with Crippen molar-refractivity contribution in [2.75, 3.05) is 24.4 Å². The maximum Gasteiger partial charge on any atom is 0.261 e. The number of hydrogen-bond acceptors (Lipinski definition) is 4. The summed E-state index contributed by atoms with van der Waals surface area (Å²) < 4.78 is 27.6. The molecule has 0 aliphatic heterocycles. The number of anilines is 1. The standard InChI is InChI=1S/C24H34N2O3S/c1-4-6-7-8-9-18-26(5-2)19-24(27)21-12-14-22(15-13-21)25-30(28,29)23-16-10-20(3)11-17-23/h10-17,25H,4-9,18-19H2,1-3H3. The first-order valence-corrected chi connectivity index (χ1v) is 12.3. The Balaban J connectivity index is 1.92. The lowest BCUT2D eigenvalue weighted by atomic mass is 10.1. The van der Waals surface area contributed by atoms with Crippen molar-refractivity contribution in [1.82, 2.24) is 4.90 Å². The number of sulfonamides is 1. The highest BCUT2D eigenvalue weighted by Gasteiger charge is 2.15. The minimum atomic E-state index is -3.65. The number of hydrogen-bond donors (Lipinski definition) is 1. The molecular weight excluding hydrogens is 396 g/mol. The fraction of sp³-hybridized carbons (Fsp3) is 0.458. The third-order valence-electron chi connectivity index (χ3n) is 5.18. The van der Waals surface area contributed by atoms with Crippen molar-refractivity contribution in [2.24, 2.45) is 0 Å². The van der Waals surface area contributed by atoms with Crippen LogP contribution in [0.4, 0.5) is 5.69 Å². The van der Waals surface area contributed by atoms with Gasteiger partial charge in [0.2, 0.25) is 0 Å². The summed E-state index contributed by atoms with van der Waals surface area (Å²) in [5.74, 6) is 0.0540. The summed E-state index contributed by atoms with van der Waals surface area (Å²) in [6.45, 7) is 8.34. The number of benzene rings is 2. The van der Waals surface area contributed by atoms with Crippen molar-refractivity contribution < 1.29 is 13.2 Å². The first-order chi connectivity index (χ1) is 14.4. The Morgan fingerprint density at radius 1 is 0.900 bits per heavy atom. The molecule has 0 saturated carbocycles. The van der Waals surface area contributed by atoms with Crippen LogP contribution in [-0.4, -0.2) is 38.7 Å². The molecule has 0 fully saturated rings. The van der Waals surface area contributed by atoms with Gasteiger partial charge in [0, 0.05) is 11.3 Å². The van der Waals surface area contributed by atoms with E-state index >= 15 is 0 Å². The molecule has 1 N–H and O–H groups in total. The van der Waals surface area contributed by atoms with E-state index in [1.807, 2.05) is 6.92 Å². The maximum atomic E-state index is 12.6. The van der Waals surface area contributed by atoms with Crippen molar-refractivity contribution in [3.8, 4) is 0 Å². The molecular formula is C24H34N2O3S. The van der Waals surface area contributed by atoms with Gasteiger partial charge in [-0.05, 0) is 62.8 Å². The average molecular weight is 431 g/mol. The zero-order chi connectivity index (χ0) is 22.0. The molecule has 0 amide bonds. The summed E-state index contributed by atoms with van der Waals surface area (Å²) in [6, 6.07) is 13.3. The van der Waals surface area contributed by atoms with Crippen LogP contribution >= 0.6 is 0 Å². The summed E-state index contributed by atoms with van der Waals surface area (Å²) >= 11 is 0. The Hall–Kier alpha value is -2.18. The zero-order valence-electron chi connectivity index (χ0n) is 18.4. The number of ketones is 1. The van der Waals surface area contributed by atoms with Crippen molar-refractivity contribution in [2.45, 2.75) is 57.8 Å². The fourth-order valence-electron chi connectivity index (χ4n) is 3.24. The minimum Gasteiger partial charge on any atom is -0.296 e. The predicted octanol–water partition coefficient (Wildman–Crippen LogP) is 5.27. The molecule has 0 unspecified atom stereocenters. The number of carbonyl (C=O) groups is 1. The van der Waals surface area contributed by atoms with Gasteiger partial charge in [0.05, 0.1) is 11.4 Å². The smallest absolute Gasteiger partial charge is 0.261 e. The van der Waals surface area contributed by atoms with Crippen LogP contribution in [0.3, 0.4) is 0 Å². The van der Waals surface area contributed by atoms with E-state index in [0.717, 1.165) is 25.1 Å². The normalized spacial score (nSPS) is 11.6. The van der Waals surface area contributed by atoms with Gasteiger partial charge >= 0.3 is 0 Å². The van der Waals surface area contributed by atoms with Gasteiger partial charge in [-0.1, -0.05) is 57.2 Å². The van der Waals surface area contributed by atoms with Gasteiger partial charge in [0.25, 0.3) is 10.0 Å². The molecule has 2 rings (SSSR count). The fourth-order valence-corrected chi connectivity index (χ4v) is 4.30. The number of nitrogens with zero attached hydrogens (tertiary/aromatic N) is 1. The second kappa shape index (κ2) is 11.9. The largest absolute Gasteiger partial charge is 0.296 e. The van der Waals surface area contributed by atoms with E-state index in [-0.39, 0.29) is 10.7 Å². The summed E-state index contributed by atoms with van der Waals surface area (Å²) in [6.07, 6.45) is 6.06. The Morgan fingerprint density at radius 2 is 1.53 bits per heavy atom. The maximum absolute atomic E-state index is 12.6. The van der Waals surface area contributed by atoms with E-state index in [0.29, 0.717) is 17.8 Å². The summed E-state index contributed by atoms with van der Waals surface area (Å²) in [5.41, 5.74) is 2.03. The number of rotatable bonds is 13. The Bertz CT molecular complexity index is 891. The van der Waals surface area contributed by atoms with Crippen LogP contribution in [-0.2, 0) is 10.0 Å². The lowest BCUT2D eigenvalue weighted by Crippen LogP contribution is -2.30. The first-order valence-electron chi connectivity index (χ1n) is 10.8. The summed E-state index contributed by atoms with van der Waals surface area (Å²) in [4.78, 5) is 15.0. The molecule has 0 saturated heterocycles. The lowest BCUT2D eigenvalue weighted by Gasteiger charge is -2.19. The molecule has 2 aromatic carbocycles. The topological polar surface area (TPSA) is 66.5 Å². The molecule has 0 heterocycles. The Kier molecular flexibility index (Phi) is 9.53. The molecule has 0 aromatic heterocycles. The van der Waals surface area contributed by atoms with E-state index in [1.165, 1.54) is 25.7 Å². The van der Waals surface area contributed by atoms with Gasteiger partial charge < -0.3 is 0 Å². The van der Waals surface area contributed by atoms with E-state index in [4.69, 9.17) is 0 Å². The third-order valence-corrected chi connectivity index (χ3v) is 6.58. The highest BCUT2D eigenvalue weighted by atomic mass is 32.2. The van der Waals surface area contributed by atoms with Gasteiger partial charge in [-0.15, -0.1) is 0 Å². The van der Waals surface area contributed by atoms with E-state index in [9.17, 15) is 13.2 Å². The van der Waals surface area contributed by atoms with Gasteiger partial charge in [0.1, 0.15) is 0 Å². The lowest BCUT2D eigenvalue weighted by molar-refractivity contribution is 0.0932. The predicted molar refractivity (Wildman–Crippen MR) is 124 cm³/mol. The minimum absolute atomic E-state index is 0.0540. The molecule has 2 aromatic rings. The number of Topliss-reactive ketones (excluding diaryl/α,β-unsaturated/α-hetero) is 1. The van der Waals surface area contributed by atoms with Crippen LogP contribution in [0.5, 0.6) is 0 Å². The number of likely N-dealkylation sites (N-methyl/N-ethyl adjacent to an activating group) is 1. The third kappa shape index (κ3) is 7.58. The Labute approximate surface area is 181 Å². The average Bonchev–Trinajstić information content (AvgIpc) is 2.73.